The maximum absolute atomic E-state index is 13.4. The van der Waals surface area contributed by atoms with Gasteiger partial charge in [-0.2, -0.15) is 0 Å². The van der Waals surface area contributed by atoms with Crippen LogP contribution < -0.4 is 10.9 Å². The SMILES string of the molecule is CC(C)n1c(=O)c2cnc(Nc3ccc4c(c3)CC(N(C)C)CC4)cc2n1-c1ccnc(C(C)(C)C)n1. The molecule has 1 atom stereocenters. The highest BCUT2D eigenvalue weighted by Gasteiger charge is 2.23. The van der Waals surface area contributed by atoms with Crippen molar-refractivity contribution >= 4 is 22.4 Å². The van der Waals surface area contributed by atoms with Gasteiger partial charge in [0.2, 0.25) is 0 Å². The van der Waals surface area contributed by atoms with Crippen LogP contribution in [0, 0.1) is 0 Å². The second-order valence-electron chi connectivity index (χ2n) is 11.6. The molecule has 0 spiro atoms. The summed E-state index contributed by atoms with van der Waals surface area (Å²) in [5, 5.41) is 4.04. The van der Waals surface area contributed by atoms with Crippen molar-refractivity contribution in [1.29, 1.82) is 0 Å². The van der Waals surface area contributed by atoms with E-state index in [1.54, 1.807) is 17.1 Å². The van der Waals surface area contributed by atoms with Gasteiger partial charge in [-0.1, -0.05) is 26.8 Å². The van der Waals surface area contributed by atoms with E-state index < -0.39 is 0 Å². The molecule has 1 aliphatic rings. The van der Waals surface area contributed by atoms with E-state index >= 15 is 0 Å². The van der Waals surface area contributed by atoms with Crippen LogP contribution >= 0.6 is 0 Å². The first-order valence-corrected chi connectivity index (χ1v) is 13.1. The molecule has 37 heavy (non-hydrogen) atoms. The molecule has 1 aromatic carbocycles. The van der Waals surface area contributed by atoms with Crippen molar-refractivity contribution < 1.29 is 0 Å². The van der Waals surface area contributed by atoms with Crippen LogP contribution in [0.5, 0.6) is 0 Å². The fourth-order valence-electron chi connectivity index (χ4n) is 5.12. The van der Waals surface area contributed by atoms with Gasteiger partial charge in [-0.15, -0.1) is 0 Å². The third-order valence-corrected chi connectivity index (χ3v) is 7.19. The fraction of sp³-hybridized carbons (Fsp3) is 0.448. The molecule has 0 aliphatic heterocycles. The number of anilines is 2. The highest BCUT2D eigenvalue weighted by Crippen LogP contribution is 2.29. The Morgan fingerprint density at radius 3 is 2.57 bits per heavy atom. The average Bonchev–Trinajstić information content (AvgIpc) is 3.15. The number of benzene rings is 1. The fourth-order valence-corrected chi connectivity index (χ4v) is 5.12. The molecule has 1 N–H and O–H groups in total. The molecule has 194 valence electrons. The molecule has 1 unspecified atom stereocenters. The number of rotatable bonds is 5. The topological polar surface area (TPSA) is 80.9 Å². The van der Waals surface area contributed by atoms with E-state index in [-0.39, 0.29) is 17.0 Å². The van der Waals surface area contributed by atoms with E-state index in [9.17, 15) is 4.79 Å². The van der Waals surface area contributed by atoms with E-state index in [0.717, 1.165) is 29.9 Å². The Morgan fingerprint density at radius 1 is 1.08 bits per heavy atom. The van der Waals surface area contributed by atoms with E-state index in [0.29, 0.717) is 23.1 Å². The molecule has 5 rings (SSSR count). The van der Waals surface area contributed by atoms with E-state index in [4.69, 9.17) is 4.98 Å². The second kappa shape index (κ2) is 9.41. The van der Waals surface area contributed by atoms with E-state index in [1.165, 1.54) is 17.5 Å². The van der Waals surface area contributed by atoms with Gasteiger partial charge in [0.25, 0.3) is 5.56 Å². The number of nitrogens with one attached hydrogen (secondary N) is 1. The molecular weight excluding hydrogens is 462 g/mol. The van der Waals surface area contributed by atoms with Crippen LogP contribution in [0.15, 0.2) is 47.5 Å². The molecule has 8 heteroatoms. The highest BCUT2D eigenvalue weighted by molar-refractivity contribution is 5.82. The molecule has 0 amide bonds. The molecule has 3 heterocycles. The molecule has 4 aromatic rings. The largest absolute Gasteiger partial charge is 0.340 e. The van der Waals surface area contributed by atoms with Crippen molar-refractivity contribution in [1.82, 2.24) is 29.2 Å². The summed E-state index contributed by atoms with van der Waals surface area (Å²) in [6, 6.07) is 10.9. The standard InChI is InChI=1S/C29H37N7O/c1-18(2)35-27(37)23-17-31-25(16-24(23)36(35)26-12-13-30-28(33-26)29(3,4)5)32-21-10-8-19-9-11-22(34(6)7)15-20(19)14-21/h8,10,12-14,16-18,22H,9,11,15H2,1-7H3,(H,31,32). The number of aryl methyl sites for hydroxylation is 1. The summed E-state index contributed by atoms with van der Waals surface area (Å²) in [4.78, 5) is 29.6. The molecule has 0 radical (unpaired) electrons. The lowest BCUT2D eigenvalue weighted by atomic mass is 9.87. The Morgan fingerprint density at radius 2 is 1.86 bits per heavy atom. The van der Waals surface area contributed by atoms with Crippen molar-refractivity contribution in [2.75, 3.05) is 19.4 Å². The lowest BCUT2D eigenvalue weighted by molar-refractivity contribution is 0.268. The summed E-state index contributed by atoms with van der Waals surface area (Å²) >= 11 is 0. The number of nitrogens with zero attached hydrogens (tertiary/aromatic N) is 6. The second-order valence-corrected chi connectivity index (χ2v) is 11.6. The van der Waals surface area contributed by atoms with Gasteiger partial charge >= 0.3 is 0 Å². The van der Waals surface area contributed by atoms with Crippen molar-refractivity contribution in [3.05, 3.63) is 70.0 Å². The lowest BCUT2D eigenvalue weighted by Crippen LogP contribution is -2.33. The van der Waals surface area contributed by atoms with E-state index in [1.807, 2.05) is 30.7 Å². The smallest absolute Gasteiger partial charge is 0.276 e. The minimum absolute atomic E-state index is 0.0605. The molecule has 0 saturated heterocycles. The van der Waals surface area contributed by atoms with Gasteiger partial charge in [-0.05, 0) is 70.5 Å². The van der Waals surface area contributed by atoms with Gasteiger partial charge in [-0.25, -0.2) is 24.3 Å². The molecule has 8 nitrogen and oxygen atoms in total. The summed E-state index contributed by atoms with van der Waals surface area (Å²) in [5.74, 6) is 2.08. The number of likely N-dealkylation sites (N-methyl/N-ethyl adjacent to an activating group) is 1. The summed E-state index contributed by atoms with van der Waals surface area (Å²) in [7, 11) is 4.31. The Hall–Kier alpha value is -3.52. The van der Waals surface area contributed by atoms with Crippen molar-refractivity contribution in [2.45, 2.75) is 71.4 Å². The van der Waals surface area contributed by atoms with E-state index in [2.05, 4.69) is 73.3 Å². The van der Waals surface area contributed by atoms with Gasteiger partial charge < -0.3 is 10.2 Å². The van der Waals surface area contributed by atoms with Gasteiger partial charge in [0, 0.05) is 47.7 Å². The maximum Gasteiger partial charge on any atom is 0.276 e. The minimum atomic E-state index is -0.214. The Labute approximate surface area is 218 Å². The molecular formula is C29H37N7O. The van der Waals surface area contributed by atoms with Crippen molar-refractivity contribution in [3.8, 4) is 5.82 Å². The Bertz CT molecular complexity index is 1510. The van der Waals surface area contributed by atoms with Gasteiger partial charge in [0.1, 0.15) is 11.6 Å². The molecule has 3 aromatic heterocycles. The van der Waals surface area contributed by atoms with Crippen molar-refractivity contribution in [2.24, 2.45) is 0 Å². The normalized spacial score (nSPS) is 16.0. The average molecular weight is 500 g/mol. The van der Waals surface area contributed by atoms with Crippen LogP contribution in [0.2, 0.25) is 0 Å². The highest BCUT2D eigenvalue weighted by atomic mass is 16.1. The monoisotopic (exact) mass is 499 g/mol. The third-order valence-electron chi connectivity index (χ3n) is 7.19. The zero-order valence-corrected chi connectivity index (χ0v) is 22.9. The number of pyridine rings is 1. The summed E-state index contributed by atoms with van der Waals surface area (Å²) < 4.78 is 3.64. The maximum atomic E-state index is 13.4. The van der Waals surface area contributed by atoms with Gasteiger partial charge in [0.15, 0.2) is 5.82 Å². The predicted molar refractivity (Wildman–Crippen MR) is 149 cm³/mol. The first kappa shape index (κ1) is 25.1. The number of aromatic nitrogens is 5. The first-order chi connectivity index (χ1) is 17.5. The Kier molecular flexibility index (Phi) is 6.40. The lowest BCUT2D eigenvalue weighted by Gasteiger charge is -2.30. The quantitative estimate of drug-likeness (QED) is 0.415. The van der Waals surface area contributed by atoms with Gasteiger partial charge in [0.05, 0.1) is 10.9 Å². The summed E-state index contributed by atoms with van der Waals surface area (Å²) in [6.45, 7) is 10.3. The van der Waals surface area contributed by atoms with Crippen LogP contribution in [0.3, 0.4) is 0 Å². The molecule has 0 bridgehead atoms. The van der Waals surface area contributed by atoms with Crippen LogP contribution in [-0.2, 0) is 18.3 Å². The minimum Gasteiger partial charge on any atom is -0.340 e. The Balaban J connectivity index is 1.57. The molecule has 0 fully saturated rings. The number of fused-ring (bicyclic) bond motifs is 2. The zero-order chi connectivity index (χ0) is 26.5. The van der Waals surface area contributed by atoms with Crippen LogP contribution in [0.25, 0.3) is 16.7 Å². The number of hydrogen-bond acceptors (Lipinski definition) is 6. The third kappa shape index (κ3) is 4.78. The van der Waals surface area contributed by atoms with Crippen LogP contribution in [-0.4, -0.2) is 49.4 Å². The molecule has 0 saturated carbocycles. The summed E-state index contributed by atoms with van der Waals surface area (Å²) in [6.07, 6.45) is 6.77. The molecule has 1 aliphatic carbocycles. The number of hydrogen-bond donors (Lipinski definition) is 1. The first-order valence-electron chi connectivity index (χ1n) is 13.1. The predicted octanol–water partition coefficient (Wildman–Crippen LogP) is 5.02. The van der Waals surface area contributed by atoms with Crippen molar-refractivity contribution in [3.63, 3.8) is 0 Å². The van der Waals surface area contributed by atoms with Crippen LogP contribution in [0.1, 0.15) is 64.0 Å². The summed E-state index contributed by atoms with van der Waals surface area (Å²) in [5.41, 5.74) is 4.28. The van der Waals surface area contributed by atoms with Gasteiger partial charge in [-0.3, -0.25) is 4.79 Å². The van der Waals surface area contributed by atoms with Crippen LogP contribution in [0.4, 0.5) is 11.5 Å². The zero-order valence-electron chi connectivity index (χ0n) is 22.9.